The Hall–Kier alpha value is -1.88. The van der Waals surface area contributed by atoms with E-state index in [0.717, 1.165) is 25.9 Å². The molecule has 1 atom stereocenters. The molecule has 108 valence electrons. The highest BCUT2D eigenvalue weighted by Gasteiger charge is 2.22. The molecule has 20 heavy (non-hydrogen) atoms. The van der Waals surface area contributed by atoms with E-state index in [2.05, 4.69) is 5.32 Å². The van der Waals surface area contributed by atoms with Gasteiger partial charge in [0.15, 0.2) is 0 Å². The highest BCUT2D eigenvalue weighted by molar-refractivity contribution is 6.01. The smallest absolute Gasteiger partial charge is 0.337 e. The van der Waals surface area contributed by atoms with Crippen LogP contribution >= 0.6 is 0 Å². The third-order valence-electron chi connectivity index (χ3n) is 3.73. The number of rotatable bonds is 4. The van der Waals surface area contributed by atoms with E-state index in [-0.39, 0.29) is 11.5 Å². The van der Waals surface area contributed by atoms with Crippen molar-refractivity contribution in [2.75, 3.05) is 25.0 Å². The van der Waals surface area contributed by atoms with Gasteiger partial charge in [-0.1, -0.05) is 12.1 Å². The molecule has 5 heteroatoms. The van der Waals surface area contributed by atoms with Gasteiger partial charge in [-0.2, -0.15) is 0 Å². The molecule has 0 radical (unpaired) electrons. The zero-order valence-corrected chi connectivity index (χ0v) is 11.6. The minimum Gasteiger partial charge on any atom is -0.478 e. The molecule has 1 aliphatic rings. The van der Waals surface area contributed by atoms with Gasteiger partial charge in [-0.25, -0.2) is 4.79 Å². The Kier molecular flexibility index (Phi) is 4.74. The molecule has 0 saturated carbocycles. The van der Waals surface area contributed by atoms with Crippen LogP contribution in [-0.2, 0) is 4.79 Å². The number of carboxylic acids is 1. The van der Waals surface area contributed by atoms with E-state index < -0.39 is 5.97 Å². The average molecular weight is 276 g/mol. The lowest BCUT2D eigenvalue weighted by molar-refractivity contribution is -0.119. The van der Waals surface area contributed by atoms with Gasteiger partial charge in [0.2, 0.25) is 5.91 Å². The van der Waals surface area contributed by atoms with E-state index in [9.17, 15) is 9.59 Å². The number of carbonyl (C=O) groups is 2. The topological polar surface area (TPSA) is 69.6 Å². The van der Waals surface area contributed by atoms with Crippen molar-refractivity contribution >= 4 is 17.6 Å². The predicted octanol–water partition coefficient (Wildman–Crippen LogP) is 1.74. The SMILES string of the molecule is CN(C(=O)CC1CCCNC1)c1ccccc1C(=O)O. The molecule has 0 spiro atoms. The van der Waals surface area contributed by atoms with Crippen LogP contribution < -0.4 is 10.2 Å². The van der Waals surface area contributed by atoms with Crippen molar-refractivity contribution < 1.29 is 14.7 Å². The van der Waals surface area contributed by atoms with E-state index in [4.69, 9.17) is 5.11 Å². The molecular weight excluding hydrogens is 256 g/mol. The van der Waals surface area contributed by atoms with Crippen LogP contribution in [-0.4, -0.2) is 37.1 Å². The quantitative estimate of drug-likeness (QED) is 0.879. The van der Waals surface area contributed by atoms with Crippen LogP contribution in [0.3, 0.4) is 0 Å². The number of aromatic carboxylic acids is 1. The van der Waals surface area contributed by atoms with Crippen LogP contribution in [0.5, 0.6) is 0 Å². The maximum absolute atomic E-state index is 12.3. The Bertz CT molecular complexity index is 496. The fraction of sp³-hybridized carbons (Fsp3) is 0.467. The first-order chi connectivity index (χ1) is 9.59. The van der Waals surface area contributed by atoms with Crippen molar-refractivity contribution in [3.8, 4) is 0 Å². The Morgan fingerprint density at radius 3 is 2.80 bits per heavy atom. The molecule has 1 aromatic carbocycles. The largest absolute Gasteiger partial charge is 0.478 e. The second kappa shape index (κ2) is 6.52. The zero-order valence-electron chi connectivity index (χ0n) is 11.6. The third-order valence-corrected chi connectivity index (χ3v) is 3.73. The summed E-state index contributed by atoms with van der Waals surface area (Å²) < 4.78 is 0. The van der Waals surface area contributed by atoms with Gasteiger partial charge in [-0.05, 0) is 44.0 Å². The summed E-state index contributed by atoms with van der Waals surface area (Å²) in [7, 11) is 1.64. The van der Waals surface area contributed by atoms with Crippen molar-refractivity contribution in [3.05, 3.63) is 29.8 Å². The lowest BCUT2D eigenvalue weighted by Gasteiger charge is -2.25. The second-order valence-electron chi connectivity index (χ2n) is 5.19. The van der Waals surface area contributed by atoms with Crippen molar-refractivity contribution in [1.82, 2.24) is 5.32 Å². The number of hydrogen-bond donors (Lipinski definition) is 2. The first-order valence-corrected chi connectivity index (χ1v) is 6.89. The Morgan fingerprint density at radius 2 is 2.15 bits per heavy atom. The average Bonchev–Trinajstić information content (AvgIpc) is 2.47. The highest BCUT2D eigenvalue weighted by atomic mass is 16.4. The van der Waals surface area contributed by atoms with Gasteiger partial charge in [0, 0.05) is 13.5 Å². The maximum Gasteiger partial charge on any atom is 0.337 e. The van der Waals surface area contributed by atoms with Gasteiger partial charge in [0.05, 0.1) is 11.3 Å². The molecule has 1 unspecified atom stereocenters. The number of carboxylic acid groups (broad SMARTS) is 1. The standard InChI is InChI=1S/C15H20N2O3/c1-17(13-7-3-2-6-12(13)15(19)20)14(18)9-11-5-4-8-16-10-11/h2-3,6-7,11,16H,4-5,8-10H2,1H3,(H,19,20). The molecule has 0 bridgehead atoms. The second-order valence-corrected chi connectivity index (χ2v) is 5.19. The van der Waals surface area contributed by atoms with E-state index in [0.29, 0.717) is 18.0 Å². The number of piperidine rings is 1. The molecule has 2 N–H and O–H groups in total. The summed E-state index contributed by atoms with van der Waals surface area (Å²) in [6, 6.07) is 6.59. The van der Waals surface area contributed by atoms with Crippen molar-refractivity contribution in [2.24, 2.45) is 5.92 Å². The van der Waals surface area contributed by atoms with Gasteiger partial charge < -0.3 is 15.3 Å². The Morgan fingerprint density at radius 1 is 1.40 bits per heavy atom. The summed E-state index contributed by atoms with van der Waals surface area (Å²) in [5, 5.41) is 12.5. The molecule has 5 nitrogen and oxygen atoms in total. The lowest BCUT2D eigenvalue weighted by Crippen LogP contribution is -2.35. The summed E-state index contributed by atoms with van der Waals surface area (Å²) in [4.78, 5) is 24.9. The fourth-order valence-electron chi connectivity index (χ4n) is 2.56. The molecule has 2 rings (SSSR count). The molecule has 0 aliphatic carbocycles. The summed E-state index contributed by atoms with van der Waals surface area (Å²) in [6.45, 7) is 1.88. The molecule has 1 amide bonds. The summed E-state index contributed by atoms with van der Waals surface area (Å²) in [5.74, 6) is -0.706. The van der Waals surface area contributed by atoms with Crippen molar-refractivity contribution in [2.45, 2.75) is 19.3 Å². The number of nitrogens with zero attached hydrogens (tertiary/aromatic N) is 1. The van der Waals surface area contributed by atoms with Gasteiger partial charge in [-0.15, -0.1) is 0 Å². The third kappa shape index (κ3) is 3.36. The molecule has 1 aromatic rings. The van der Waals surface area contributed by atoms with E-state index in [1.807, 2.05) is 0 Å². The normalized spacial score (nSPS) is 18.6. The van der Waals surface area contributed by atoms with Crippen LogP contribution in [0.2, 0.25) is 0 Å². The number of anilines is 1. The monoisotopic (exact) mass is 276 g/mol. The van der Waals surface area contributed by atoms with E-state index >= 15 is 0 Å². The number of carbonyl (C=O) groups excluding carboxylic acids is 1. The molecule has 0 aromatic heterocycles. The molecular formula is C15H20N2O3. The summed E-state index contributed by atoms with van der Waals surface area (Å²) in [5.41, 5.74) is 0.610. The highest BCUT2D eigenvalue weighted by Crippen LogP contribution is 2.22. The Labute approximate surface area is 118 Å². The van der Waals surface area contributed by atoms with Crippen LogP contribution in [0.4, 0.5) is 5.69 Å². The first kappa shape index (κ1) is 14.5. The number of amides is 1. The number of para-hydroxylation sites is 1. The summed E-state index contributed by atoms with van der Waals surface area (Å²) >= 11 is 0. The zero-order chi connectivity index (χ0) is 14.5. The van der Waals surface area contributed by atoms with Gasteiger partial charge in [0.25, 0.3) is 0 Å². The summed E-state index contributed by atoms with van der Waals surface area (Å²) in [6.07, 6.45) is 2.60. The van der Waals surface area contributed by atoms with Gasteiger partial charge >= 0.3 is 5.97 Å². The lowest BCUT2D eigenvalue weighted by atomic mass is 9.95. The minimum absolute atomic E-state index is 0.0348. The predicted molar refractivity (Wildman–Crippen MR) is 77.0 cm³/mol. The van der Waals surface area contributed by atoms with E-state index in [1.165, 1.54) is 11.0 Å². The van der Waals surface area contributed by atoms with Crippen LogP contribution in [0.25, 0.3) is 0 Å². The maximum atomic E-state index is 12.3. The molecule has 1 heterocycles. The number of benzene rings is 1. The molecule has 1 saturated heterocycles. The van der Waals surface area contributed by atoms with Crippen molar-refractivity contribution in [3.63, 3.8) is 0 Å². The van der Waals surface area contributed by atoms with E-state index in [1.54, 1.807) is 25.2 Å². The van der Waals surface area contributed by atoms with Crippen LogP contribution in [0.15, 0.2) is 24.3 Å². The molecule has 1 fully saturated rings. The van der Waals surface area contributed by atoms with Gasteiger partial charge in [-0.3, -0.25) is 4.79 Å². The fourth-order valence-corrected chi connectivity index (χ4v) is 2.56. The first-order valence-electron chi connectivity index (χ1n) is 6.89. The van der Waals surface area contributed by atoms with Crippen LogP contribution in [0.1, 0.15) is 29.6 Å². The number of hydrogen-bond acceptors (Lipinski definition) is 3. The van der Waals surface area contributed by atoms with Crippen molar-refractivity contribution in [1.29, 1.82) is 0 Å². The minimum atomic E-state index is -1.01. The van der Waals surface area contributed by atoms with Crippen LogP contribution in [0, 0.1) is 5.92 Å². The Balaban J connectivity index is 2.08. The molecule has 1 aliphatic heterocycles. The van der Waals surface area contributed by atoms with Gasteiger partial charge in [0.1, 0.15) is 0 Å². The number of nitrogens with one attached hydrogen (secondary N) is 1.